The van der Waals surface area contributed by atoms with E-state index in [-0.39, 0.29) is 11.9 Å². The number of esters is 1. The van der Waals surface area contributed by atoms with Gasteiger partial charge in [-0.25, -0.2) is 4.79 Å². The van der Waals surface area contributed by atoms with Crippen LogP contribution in [-0.2, 0) is 17.6 Å². The first-order valence-electron chi connectivity index (χ1n) is 9.46. The van der Waals surface area contributed by atoms with Crippen molar-refractivity contribution in [3.05, 3.63) is 44.2 Å². The average molecular weight is 466 g/mol. The molecule has 0 aliphatic heterocycles. The summed E-state index contributed by atoms with van der Waals surface area (Å²) in [6.45, 7) is 6.70. The van der Waals surface area contributed by atoms with Gasteiger partial charge in [0.1, 0.15) is 10.8 Å². The van der Waals surface area contributed by atoms with Gasteiger partial charge >= 0.3 is 5.97 Å². The maximum absolute atomic E-state index is 13.0. The van der Waals surface area contributed by atoms with Crippen molar-refractivity contribution in [3.8, 4) is 5.75 Å². The van der Waals surface area contributed by atoms with E-state index in [9.17, 15) is 9.59 Å². The second-order valence-corrected chi connectivity index (χ2v) is 9.10. The van der Waals surface area contributed by atoms with Gasteiger partial charge in [0.05, 0.1) is 24.3 Å². The number of anilines is 1. The predicted molar refractivity (Wildman–Crippen MR) is 115 cm³/mol. The van der Waals surface area contributed by atoms with Crippen LogP contribution < -0.4 is 10.1 Å². The minimum Gasteiger partial charge on any atom is -0.492 e. The number of ether oxygens (including phenoxy) is 2. The highest BCUT2D eigenvalue weighted by atomic mass is 79.9. The summed E-state index contributed by atoms with van der Waals surface area (Å²) in [6.07, 6.45) is 2.80. The number of aryl methyl sites for hydroxylation is 1. The molecule has 0 radical (unpaired) electrons. The molecule has 150 valence electrons. The van der Waals surface area contributed by atoms with Gasteiger partial charge in [-0.15, -0.1) is 11.3 Å². The number of carbonyl (C=O) groups excluding carboxylic acids is 2. The Bertz CT molecular complexity index is 891. The van der Waals surface area contributed by atoms with Crippen LogP contribution >= 0.6 is 27.3 Å². The van der Waals surface area contributed by atoms with Crippen LogP contribution in [0.2, 0.25) is 0 Å². The number of amides is 1. The Morgan fingerprint density at radius 2 is 2.07 bits per heavy atom. The molecular formula is C21H24BrNO4S. The predicted octanol–water partition coefficient (Wildman–Crippen LogP) is 5.46. The van der Waals surface area contributed by atoms with Gasteiger partial charge in [-0.2, -0.15) is 0 Å². The van der Waals surface area contributed by atoms with Crippen molar-refractivity contribution in [2.24, 2.45) is 5.92 Å². The van der Waals surface area contributed by atoms with Gasteiger partial charge in [-0.3, -0.25) is 4.79 Å². The van der Waals surface area contributed by atoms with E-state index in [1.54, 1.807) is 19.1 Å². The zero-order valence-electron chi connectivity index (χ0n) is 16.3. The molecule has 0 saturated carbocycles. The maximum Gasteiger partial charge on any atom is 0.341 e. The molecular weight excluding hydrogens is 442 g/mol. The molecule has 1 aromatic carbocycles. The first-order valence-corrected chi connectivity index (χ1v) is 11.1. The number of carbonyl (C=O) groups is 2. The summed E-state index contributed by atoms with van der Waals surface area (Å²) in [6, 6.07) is 5.36. The van der Waals surface area contributed by atoms with Crippen molar-refractivity contribution >= 4 is 44.1 Å². The molecule has 1 aliphatic carbocycles. The number of halogens is 1. The van der Waals surface area contributed by atoms with E-state index in [1.807, 2.05) is 6.07 Å². The van der Waals surface area contributed by atoms with Gasteiger partial charge in [0.2, 0.25) is 0 Å². The van der Waals surface area contributed by atoms with Gasteiger partial charge in [-0.05, 0) is 55.9 Å². The van der Waals surface area contributed by atoms with Gasteiger partial charge in [0.25, 0.3) is 5.91 Å². The molecule has 2 aromatic rings. The monoisotopic (exact) mass is 465 g/mol. The molecule has 7 heteroatoms. The highest BCUT2D eigenvalue weighted by Crippen LogP contribution is 2.40. The normalized spacial score (nSPS) is 12.8. The Morgan fingerprint density at radius 1 is 1.29 bits per heavy atom. The molecule has 0 unspecified atom stereocenters. The first-order chi connectivity index (χ1) is 13.4. The number of hydrogen-bond donors (Lipinski definition) is 1. The molecule has 1 aliphatic rings. The van der Waals surface area contributed by atoms with Crippen molar-refractivity contribution in [1.29, 1.82) is 0 Å². The Morgan fingerprint density at radius 3 is 2.79 bits per heavy atom. The Hall–Kier alpha value is -1.86. The standard InChI is InChI=1S/C21H24BrNO4S/c1-4-26-21(25)18-14-6-5-7-17(14)28-20(18)23-19(24)15-10-13(22)8-9-16(15)27-11-12(2)3/h8-10,12H,4-7,11H2,1-3H3,(H,23,24). The Labute approximate surface area is 177 Å². The summed E-state index contributed by atoms with van der Waals surface area (Å²) in [7, 11) is 0. The van der Waals surface area contributed by atoms with Crippen LogP contribution in [0.5, 0.6) is 5.75 Å². The topological polar surface area (TPSA) is 64.6 Å². The van der Waals surface area contributed by atoms with Crippen molar-refractivity contribution in [3.63, 3.8) is 0 Å². The number of rotatable bonds is 7. The van der Waals surface area contributed by atoms with Crippen LogP contribution in [0.15, 0.2) is 22.7 Å². The maximum atomic E-state index is 13.0. The van der Waals surface area contributed by atoms with E-state index in [4.69, 9.17) is 9.47 Å². The molecule has 0 saturated heterocycles. The molecule has 1 aromatic heterocycles. The van der Waals surface area contributed by atoms with Crippen LogP contribution in [0.1, 0.15) is 58.3 Å². The number of nitrogens with one attached hydrogen (secondary N) is 1. The molecule has 5 nitrogen and oxygen atoms in total. The zero-order chi connectivity index (χ0) is 20.3. The zero-order valence-corrected chi connectivity index (χ0v) is 18.7. The van der Waals surface area contributed by atoms with Crippen LogP contribution in [-0.4, -0.2) is 25.1 Å². The van der Waals surface area contributed by atoms with E-state index in [0.717, 1.165) is 34.2 Å². The van der Waals surface area contributed by atoms with Gasteiger partial charge in [0.15, 0.2) is 0 Å². The minimum absolute atomic E-state index is 0.300. The van der Waals surface area contributed by atoms with Gasteiger partial charge in [-0.1, -0.05) is 29.8 Å². The third kappa shape index (κ3) is 4.58. The Kier molecular flexibility index (Phi) is 6.78. The molecule has 0 fully saturated rings. The molecule has 1 amide bonds. The number of benzene rings is 1. The quantitative estimate of drug-likeness (QED) is 0.551. The van der Waals surface area contributed by atoms with Crippen molar-refractivity contribution in [2.75, 3.05) is 18.5 Å². The van der Waals surface area contributed by atoms with Crippen LogP contribution in [0.4, 0.5) is 5.00 Å². The largest absolute Gasteiger partial charge is 0.492 e. The molecule has 1 heterocycles. The third-order valence-corrected chi connectivity index (χ3v) is 6.09. The summed E-state index contributed by atoms with van der Waals surface area (Å²) < 4.78 is 11.8. The highest BCUT2D eigenvalue weighted by molar-refractivity contribution is 9.10. The number of fused-ring (bicyclic) bond motifs is 1. The number of thiophene rings is 1. The molecule has 28 heavy (non-hydrogen) atoms. The van der Waals surface area contributed by atoms with E-state index in [2.05, 4.69) is 35.1 Å². The van der Waals surface area contributed by atoms with Crippen LogP contribution in [0.3, 0.4) is 0 Å². The second-order valence-electron chi connectivity index (χ2n) is 7.08. The van der Waals surface area contributed by atoms with E-state index in [1.165, 1.54) is 11.3 Å². The summed E-state index contributed by atoms with van der Waals surface area (Å²) in [5.41, 5.74) is 1.95. The average Bonchev–Trinajstić information content (AvgIpc) is 3.21. The lowest BCUT2D eigenvalue weighted by Gasteiger charge is -2.14. The van der Waals surface area contributed by atoms with Gasteiger partial charge < -0.3 is 14.8 Å². The lowest BCUT2D eigenvalue weighted by atomic mass is 10.1. The molecule has 3 rings (SSSR count). The van der Waals surface area contributed by atoms with E-state index >= 15 is 0 Å². The summed E-state index contributed by atoms with van der Waals surface area (Å²) in [5, 5.41) is 3.49. The lowest BCUT2D eigenvalue weighted by molar-refractivity contribution is 0.0527. The minimum atomic E-state index is -0.372. The fraction of sp³-hybridized carbons (Fsp3) is 0.429. The first kappa shape index (κ1) is 20.9. The molecule has 0 atom stereocenters. The fourth-order valence-corrected chi connectivity index (χ4v) is 4.78. The summed E-state index contributed by atoms with van der Waals surface area (Å²) in [4.78, 5) is 26.7. The van der Waals surface area contributed by atoms with Crippen LogP contribution in [0.25, 0.3) is 0 Å². The number of hydrogen-bond acceptors (Lipinski definition) is 5. The van der Waals surface area contributed by atoms with Crippen molar-refractivity contribution in [2.45, 2.75) is 40.0 Å². The molecule has 0 bridgehead atoms. The fourth-order valence-electron chi connectivity index (χ4n) is 3.14. The molecule has 1 N–H and O–H groups in total. The van der Waals surface area contributed by atoms with E-state index in [0.29, 0.717) is 41.0 Å². The summed E-state index contributed by atoms with van der Waals surface area (Å²) >= 11 is 4.89. The Balaban J connectivity index is 1.90. The highest BCUT2D eigenvalue weighted by Gasteiger charge is 2.29. The molecule has 0 spiro atoms. The van der Waals surface area contributed by atoms with Crippen molar-refractivity contribution < 1.29 is 19.1 Å². The smallest absolute Gasteiger partial charge is 0.341 e. The lowest BCUT2D eigenvalue weighted by Crippen LogP contribution is -2.17. The van der Waals surface area contributed by atoms with E-state index < -0.39 is 0 Å². The van der Waals surface area contributed by atoms with Crippen molar-refractivity contribution in [1.82, 2.24) is 0 Å². The second kappa shape index (κ2) is 9.09. The SMILES string of the molecule is CCOC(=O)c1c(NC(=O)c2cc(Br)ccc2OCC(C)C)sc2c1CCC2. The third-order valence-electron chi connectivity index (χ3n) is 4.39. The van der Waals surface area contributed by atoms with Gasteiger partial charge in [0, 0.05) is 9.35 Å². The summed E-state index contributed by atoms with van der Waals surface area (Å²) in [5.74, 6) is 0.194. The van der Waals surface area contributed by atoms with Crippen LogP contribution in [0, 0.1) is 5.92 Å².